The highest BCUT2D eigenvalue weighted by molar-refractivity contribution is 6.04. The standard InChI is InChI=1S/C28H38N4O6/c1-27(2,3)38-23(34)8-7-21(24(29)35)32-16-19-15-18(5-6-20(19)25(32)36)22(33)17-30(4)26(37)28-9-12-31(13-10-28)14-11-28/h5-6,15,21H,7-14,16-17H2,1-4H3,(H2,29,35). The third-order valence-corrected chi connectivity index (χ3v) is 7.91. The Hall–Kier alpha value is -3.27. The molecule has 10 heteroatoms. The highest BCUT2D eigenvalue weighted by atomic mass is 16.6. The Morgan fingerprint density at radius 3 is 2.32 bits per heavy atom. The van der Waals surface area contributed by atoms with Crippen molar-refractivity contribution in [1.29, 1.82) is 0 Å². The molecular weight excluding hydrogens is 488 g/mol. The van der Waals surface area contributed by atoms with Crippen molar-refractivity contribution in [2.24, 2.45) is 11.1 Å². The number of fused-ring (bicyclic) bond motifs is 4. The number of Topliss-reactive ketones (excluding diaryl/α,β-unsaturated/α-hetero) is 1. The number of nitrogens with zero attached hydrogens (tertiary/aromatic N) is 3. The number of piperidine rings is 3. The van der Waals surface area contributed by atoms with E-state index >= 15 is 0 Å². The predicted octanol–water partition coefficient (Wildman–Crippen LogP) is 1.75. The Kier molecular flexibility index (Phi) is 7.65. The summed E-state index contributed by atoms with van der Waals surface area (Å²) in [6, 6.07) is 3.83. The molecule has 1 aromatic carbocycles. The molecule has 38 heavy (non-hydrogen) atoms. The van der Waals surface area contributed by atoms with E-state index in [0.717, 1.165) is 38.9 Å². The number of ether oxygens (including phenoxy) is 1. The fourth-order valence-electron chi connectivity index (χ4n) is 5.80. The maximum atomic E-state index is 13.3. The average molecular weight is 527 g/mol. The lowest BCUT2D eigenvalue weighted by atomic mass is 9.71. The third-order valence-electron chi connectivity index (χ3n) is 7.91. The number of nitrogens with two attached hydrogens (primary N) is 1. The Balaban J connectivity index is 1.41. The highest BCUT2D eigenvalue weighted by Crippen LogP contribution is 2.41. The summed E-state index contributed by atoms with van der Waals surface area (Å²) < 4.78 is 5.30. The minimum absolute atomic E-state index is 0.0296. The second kappa shape index (κ2) is 10.5. The smallest absolute Gasteiger partial charge is 0.306 e. The monoisotopic (exact) mass is 526 g/mol. The van der Waals surface area contributed by atoms with Crippen LogP contribution in [0.3, 0.4) is 0 Å². The molecule has 0 radical (unpaired) electrons. The first-order valence-corrected chi connectivity index (χ1v) is 13.3. The van der Waals surface area contributed by atoms with E-state index in [1.807, 2.05) is 0 Å². The lowest BCUT2D eigenvalue weighted by Gasteiger charge is -2.48. The van der Waals surface area contributed by atoms with Gasteiger partial charge < -0.3 is 25.2 Å². The Morgan fingerprint density at radius 2 is 1.74 bits per heavy atom. The van der Waals surface area contributed by atoms with Crippen molar-refractivity contribution in [2.75, 3.05) is 33.2 Å². The summed E-state index contributed by atoms with van der Waals surface area (Å²) in [4.78, 5) is 69.1. The van der Waals surface area contributed by atoms with Crippen molar-refractivity contribution in [3.63, 3.8) is 0 Å². The van der Waals surface area contributed by atoms with Gasteiger partial charge in [-0.05, 0) is 83.8 Å². The molecule has 4 heterocycles. The van der Waals surface area contributed by atoms with Gasteiger partial charge in [-0.15, -0.1) is 0 Å². The molecule has 2 bridgehead atoms. The summed E-state index contributed by atoms with van der Waals surface area (Å²) >= 11 is 0. The molecule has 5 rings (SSSR count). The van der Waals surface area contributed by atoms with Crippen LogP contribution < -0.4 is 5.73 Å². The number of rotatable bonds is 9. The number of esters is 1. The fourth-order valence-corrected chi connectivity index (χ4v) is 5.80. The van der Waals surface area contributed by atoms with Crippen LogP contribution in [0.5, 0.6) is 0 Å². The Labute approximate surface area is 223 Å². The maximum absolute atomic E-state index is 13.3. The first-order valence-electron chi connectivity index (χ1n) is 13.3. The molecule has 3 saturated heterocycles. The van der Waals surface area contributed by atoms with Gasteiger partial charge >= 0.3 is 5.97 Å². The molecule has 0 aromatic heterocycles. The topological polar surface area (TPSA) is 130 Å². The van der Waals surface area contributed by atoms with Gasteiger partial charge in [-0.2, -0.15) is 0 Å². The normalized spacial score (nSPS) is 23.1. The van der Waals surface area contributed by atoms with E-state index in [1.54, 1.807) is 46.0 Å². The van der Waals surface area contributed by atoms with Crippen LogP contribution in [0.25, 0.3) is 0 Å². The van der Waals surface area contributed by atoms with E-state index in [2.05, 4.69) is 4.90 Å². The van der Waals surface area contributed by atoms with Gasteiger partial charge in [-0.3, -0.25) is 24.0 Å². The molecule has 1 unspecified atom stereocenters. The van der Waals surface area contributed by atoms with E-state index < -0.39 is 23.5 Å². The van der Waals surface area contributed by atoms with Crippen molar-refractivity contribution in [1.82, 2.24) is 14.7 Å². The number of benzene rings is 1. The second-order valence-corrected chi connectivity index (χ2v) is 11.8. The van der Waals surface area contributed by atoms with Crippen LogP contribution >= 0.6 is 0 Å². The molecule has 4 aliphatic heterocycles. The summed E-state index contributed by atoms with van der Waals surface area (Å²) in [5.41, 5.74) is 5.97. The van der Waals surface area contributed by atoms with Gasteiger partial charge in [-0.1, -0.05) is 6.07 Å². The minimum atomic E-state index is -0.980. The Bertz CT molecular complexity index is 1130. The number of primary amides is 1. The molecular formula is C28H38N4O6. The average Bonchev–Trinajstić information content (AvgIpc) is 3.18. The van der Waals surface area contributed by atoms with Gasteiger partial charge in [-0.25, -0.2) is 0 Å². The zero-order chi connectivity index (χ0) is 27.8. The zero-order valence-electron chi connectivity index (χ0n) is 22.7. The van der Waals surface area contributed by atoms with Crippen molar-refractivity contribution in [2.45, 2.75) is 71.1 Å². The van der Waals surface area contributed by atoms with Crippen LogP contribution in [0.4, 0.5) is 0 Å². The van der Waals surface area contributed by atoms with Crippen LogP contribution in [0.15, 0.2) is 18.2 Å². The largest absolute Gasteiger partial charge is 0.460 e. The summed E-state index contributed by atoms with van der Waals surface area (Å²) in [6.07, 6.45) is 2.47. The summed E-state index contributed by atoms with van der Waals surface area (Å²) in [5.74, 6) is -1.74. The molecule has 1 aromatic rings. The number of carbonyl (C=O) groups is 5. The Morgan fingerprint density at radius 1 is 1.11 bits per heavy atom. The van der Waals surface area contributed by atoms with E-state index in [0.29, 0.717) is 16.7 Å². The van der Waals surface area contributed by atoms with Crippen LogP contribution in [0, 0.1) is 5.41 Å². The van der Waals surface area contributed by atoms with Gasteiger partial charge in [0.15, 0.2) is 5.78 Å². The fraction of sp³-hybridized carbons (Fsp3) is 0.607. The number of carbonyl (C=O) groups excluding carboxylic acids is 5. The SMILES string of the molecule is CN(CC(=O)c1ccc2c(c1)CN(C(CCC(=O)OC(C)(C)C)C(N)=O)C2=O)C(=O)C12CCN(CC1)CC2. The van der Waals surface area contributed by atoms with Gasteiger partial charge in [0.05, 0.1) is 12.0 Å². The number of likely N-dealkylation sites (N-methyl/N-ethyl adjacent to an activating group) is 1. The molecule has 10 nitrogen and oxygen atoms in total. The summed E-state index contributed by atoms with van der Waals surface area (Å²) in [7, 11) is 1.68. The molecule has 1 atom stereocenters. The number of hydrogen-bond acceptors (Lipinski definition) is 7. The van der Waals surface area contributed by atoms with Gasteiger partial charge in [0.1, 0.15) is 11.6 Å². The first-order chi connectivity index (χ1) is 17.8. The highest BCUT2D eigenvalue weighted by Gasteiger charge is 2.46. The van der Waals surface area contributed by atoms with Crippen LogP contribution in [-0.2, 0) is 25.7 Å². The van der Waals surface area contributed by atoms with Gasteiger partial charge in [0.2, 0.25) is 11.8 Å². The summed E-state index contributed by atoms with van der Waals surface area (Å²) in [6.45, 7) is 8.09. The lowest BCUT2D eigenvalue weighted by Crippen LogP contribution is -2.55. The van der Waals surface area contributed by atoms with E-state index in [9.17, 15) is 24.0 Å². The zero-order valence-corrected chi connectivity index (χ0v) is 22.7. The molecule has 206 valence electrons. The van der Waals surface area contributed by atoms with Crippen LogP contribution in [0.2, 0.25) is 0 Å². The van der Waals surface area contributed by atoms with Crippen molar-refractivity contribution in [3.8, 4) is 0 Å². The van der Waals surface area contributed by atoms with Crippen LogP contribution in [0.1, 0.15) is 79.2 Å². The third kappa shape index (κ3) is 5.75. The number of ketones is 1. The quantitative estimate of drug-likeness (QED) is 0.383. The second-order valence-electron chi connectivity index (χ2n) is 11.8. The number of amides is 3. The molecule has 2 N–H and O–H groups in total. The molecule has 0 aliphatic carbocycles. The van der Waals surface area contributed by atoms with Gasteiger partial charge in [0, 0.05) is 31.1 Å². The molecule has 0 saturated carbocycles. The molecule has 0 spiro atoms. The van der Waals surface area contributed by atoms with E-state index in [-0.39, 0.29) is 48.9 Å². The molecule has 4 aliphatic rings. The number of hydrogen-bond donors (Lipinski definition) is 1. The molecule has 3 amide bonds. The predicted molar refractivity (Wildman–Crippen MR) is 139 cm³/mol. The van der Waals surface area contributed by atoms with E-state index in [4.69, 9.17) is 10.5 Å². The van der Waals surface area contributed by atoms with Gasteiger partial charge in [0.25, 0.3) is 5.91 Å². The summed E-state index contributed by atoms with van der Waals surface area (Å²) in [5, 5.41) is 0. The van der Waals surface area contributed by atoms with Crippen molar-refractivity contribution in [3.05, 3.63) is 34.9 Å². The lowest BCUT2D eigenvalue weighted by molar-refractivity contribution is -0.155. The maximum Gasteiger partial charge on any atom is 0.306 e. The van der Waals surface area contributed by atoms with Crippen LogP contribution in [-0.4, -0.2) is 89.0 Å². The van der Waals surface area contributed by atoms with Crippen molar-refractivity contribution >= 4 is 29.5 Å². The van der Waals surface area contributed by atoms with Crippen molar-refractivity contribution < 1.29 is 28.7 Å². The molecule has 3 fully saturated rings. The first kappa shape index (κ1) is 27.8. The van der Waals surface area contributed by atoms with E-state index in [1.165, 1.54) is 9.80 Å². The minimum Gasteiger partial charge on any atom is -0.460 e.